The standard InChI is InChI=1S/C8H16N2O3.ClH/c9-5-7-3-1-2-4-8(7)6-13-10(11)12;/h7-8H,1-6,9H2;1H/t7-,8-;/m0./s1. The fourth-order valence-electron chi connectivity index (χ4n) is 1.97. The van der Waals surface area contributed by atoms with E-state index in [4.69, 9.17) is 5.73 Å². The van der Waals surface area contributed by atoms with Crippen molar-refractivity contribution in [2.75, 3.05) is 13.2 Å². The summed E-state index contributed by atoms with van der Waals surface area (Å²) in [6.07, 6.45) is 4.43. The number of hydrogen-bond acceptors (Lipinski definition) is 4. The third-order valence-corrected chi connectivity index (χ3v) is 2.76. The van der Waals surface area contributed by atoms with Gasteiger partial charge in [0.05, 0.1) is 6.61 Å². The number of nitrogens with two attached hydrogens (primary N) is 1. The fraction of sp³-hybridized carbons (Fsp3) is 1.00. The summed E-state index contributed by atoms with van der Waals surface area (Å²) in [4.78, 5) is 14.4. The summed E-state index contributed by atoms with van der Waals surface area (Å²) in [7, 11) is 0. The molecule has 0 aromatic rings. The third kappa shape index (κ3) is 4.11. The number of nitrogens with zero attached hydrogens (tertiary/aromatic N) is 1. The van der Waals surface area contributed by atoms with Crippen molar-refractivity contribution in [3.8, 4) is 0 Å². The van der Waals surface area contributed by atoms with Gasteiger partial charge in [-0.3, -0.25) is 0 Å². The Morgan fingerprint density at radius 2 is 1.93 bits per heavy atom. The second-order valence-corrected chi connectivity index (χ2v) is 3.56. The maximum atomic E-state index is 9.99. The van der Waals surface area contributed by atoms with E-state index in [2.05, 4.69) is 4.84 Å². The highest BCUT2D eigenvalue weighted by Gasteiger charge is 2.24. The Balaban J connectivity index is 0.00000169. The second kappa shape index (κ2) is 6.84. The maximum absolute atomic E-state index is 9.99. The van der Waals surface area contributed by atoms with Crippen LogP contribution in [0.5, 0.6) is 0 Å². The van der Waals surface area contributed by atoms with Crippen LogP contribution >= 0.6 is 12.4 Å². The maximum Gasteiger partial charge on any atom is 0.294 e. The molecule has 0 saturated heterocycles. The molecule has 1 aliphatic carbocycles. The molecule has 0 heterocycles. The predicted octanol–water partition coefficient (Wildman–Crippen LogP) is 1.38. The molecule has 0 radical (unpaired) electrons. The van der Waals surface area contributed by atoms with Crippen molar-refractivity contribution >= 4 is 12.4 Å². The molecule has 1 rings (SSSR count). The van der Waals surface area contributed by atoms with Gasteiger partial charge in [0, 0.05) is 0 Å². The van der Waals surface area contributed by atoms with Crippen LogP contribution in [0.4, 0.5) is 0 Å². The smallest absolute Gasteiger partial charge is 0.294 e. The van der Waals surface area contributed by atoms with Crippen molar-refractivity contribution in [1.82, 2.24) is 0 Å². The number of halogens is 1. The largest absolute Gasteiger partial charge is 0.330 e. The van der Waals surface area contributed by atoms with Crippen LogP contribution in [0.15, 0.2) is 0 Å². The first-order valence-electron chi connectivity index (χ1n) is 4.71. The Morgan fingerprint density at radius 1 is 1.36 bits per heavy atom. The van der Waals surface area contributed by atoms with Crippen LogP contribution in [-0.2, 0) is 4.84 Å². The highest BCUT2D eigenvalue weighted by molar-refractivity contribution is 5.85. The van der Waals surface area contributed by atoms with Crippen LogP contribution in [0.3, 0.4) is 0 Å². The van der Waals surface area contributed by atoms with E-state index in [0.29, 0.717) is 12.5 Å². The zero-order valence-electron chi connectivity index (χ0n) is 8.05. The minimum absolute atomic E-state index is 0. The Morgan fingerprint density at radius 3 is 2.43 bits per heavy atom. The molecule has 84 valence electrons. The zero-order chi connectivity index (χ0) is 9.68. The highest BCUT2D eigenvalue weighted by atomic mass is 35.5. The molecule has 2 atom stereocenters. The molecule has 0 amide bonds. The lowest BCUT2D eigenvalue weighted by Crippen LogP contribution is -2.30. The van der Waals surface area contributed by atoms with E-state index >= 15 is 0 Å². The number of rotatable bonds is 4. The van der Waals surface area contributed by atoms with Crippen molar-refractivity contribution in [3.63, 3.8) is 0 Å². The van der Waals surface area contributed by atoms with Crippen LogP contribution in [0, 0.1) is 22.0 Å². The summed E-state index contributed by atoms with van der Waals surface area (Å²) in [6, 6.07) is 0. The van der Waals surface area contributed by atoms with E-state index in [1.54, 1.807) is 0 Å². The SMILES string of the molecule is Cl.NC[C@@H]1CCCC[C@H]1CO[N+](=O)[O-]. The molecule has 0 aromatic carbocycles. The quantitative estimate of drug-likeness (QED) is 0.578. The zero-order valence-corrected chi connectivity index (χ0v) is 8.87. The highest BCUT2D eigenvalue weighted by Crippen LogP contribution is 2.29. The molecule has 2 N–H and O–H groups in total. The predicted molar refractivity (Wildman–Crippen MR) is 54.7 cm³/mol. The molecule has 0 aliphatic heterocycles. The molecule has 1 aliphatic rings. The van der Waals surface area contributed by atoms with E-state index in [9.17, 15) is 10.1 Å². The summed E-state index contributed by atoms with van der Waals surface area (Å²) in [5.74, 6) is 0.692. The van der Waals surface area contributed by atoms with Crippen molar-refractivity contribution in [2.24, 2.45) is 17.6 Å². The van der Waals surface area contributed by atoms with E-state index in [0.717, 1.165) is 19.3 Å². The molecule has 6 heteroatoms. The van der Waals surface area contributed by atoms with Gasteiger partial charge in [-0.2, -0.15) is 0 Å². The van der Waals surface area contributed by atoms with Crippen molar-refractivity contribution in [3.05, 3.63) is 10.1 Å². The van der Waals surface area contributed by atoms with Gasteiger partial charge in [-0.05, 0) is 31.2 Å². The summed E-state index contributed by atoms with van der Waals surface area (Å²) in [5.41, 5.74) is 5.57. The second-order valence-electron chi connectivity index (χ2n) is 3.56. The van der Waals surface area contributed by atoms with Crippen LogP contribution in [0.1, 0.15) is 25.7 Å². The lowest BCUT2D eigenvalue weighted by atomic mass is 9.80. The molecular weight excluding hydrogens is 208 g/mol. The lowest BCUT2D eigenvalue weighted by Gasteiger charge is -2.29. The van der Waals surface area contributed by atoms with Crippen LogP contribution in [0.25, 0.3) is 0 Å². The van der Waals surface area contributed by atoms with E-state index in [1.165, 1.54) is 6.42 Å². The molecule has 5 nitrogen and oxygen atoms in total. The van der Waals surface area contributed by atoms with Gasteiger partial charge in [-0.15, -0.1) is 22.5 Å². The topological polar surface area (TPSA) is 78.4 Å². The Kier molecular flexibility index (Phi) is 6.57. The Labute approximate surface area is 89.5 Å². The van der Waals surface area contributed by atoms with Gasteiger partial charge < -0.3 is 10.6 Å². The normalized spacial score (nSPS) is 26.4. The molecule has 0 aromatic heterocycles. The molecule has 0 spiro atoms. The van der Waals surface area contributed by atoms with E-state index in [1.807, 2.05) is 0 Å². The molecule has 1 fully saturated rings. The minimum Gasteiger partial charge on any atom is -0.330 e. The first-order valence-corrected chi connectivity index (χ1v) is 4.71. The van der Waals surface area contributed by atoms with Gasteiger partial charge >= 0.3 is 0 Å². The molecule has 0 bridgehead atoms. The molecule has 0 unspecified atom stereocenters. The van der Waals surface area contributed by atoms with Gasteiger partial charge in [-0.25, -0.2) is 0 Å². The minimum atomic E-state index is -0.720. The average molecular weight is 225 g/mol. The van der Waals surface area contributed by atoms with Crippen LogP contribution < -0.4 is 5.73 Å². The van der Waals surface area contributed by atoms with Gasteiger partial charge in [0.1, 0.15) is 0 Å². The fourth-order valence-corrected chi connectivity index (χ4v) is 1.97. The number of hydrogen-bond donors (Lipinski definition) is 1. The van der Waals surface area contributed by atoms with Gasteiger partial charge in [-0.1, -0.05) is 12.8 Å². The van der Waals surface area contributed by atoms with E-state index < -0.39 is 5.09 Å². The summed E-state index contributed by atoms with van der Waals surface area (Å²) < 4.78 is 0. The molecule has 1 saturated carbocycles. The Hall–Kier alpha value is -0.550. The van der Waals surface area contributed by atoms with Crippen molar-refractivity contribution < 1.29 is 9.92 Å². The summed E-state index contributed by atoms with van der Waals surface area (Å²) >= 11 is 0. The van der Waals surface area contributed by atoms with E-state index in [-0.39, 0.29) is 24.9 Å². The van der Waals surface area contributed by atoms with Crippen LogP contribution in [-0.4, -0.2) is 18.2 Å². The first kappa shape index (κ1) is 13.4. The average Bonchev–Trinajstić information content (AvgIpc) is 2.15. The van der Waals surface area contributed by atoms with Gasteiger partial charge in [0.15, 0.2) is 0 Å². The summed E-state index contributed by atoms with van der Waals surface area (Å²) in [6.45, 7) is 0.834. The van der Waals surface area contributed by atoms with Crippen molar-refractivity contribution in [2.45, 2.75) is 25.7 Å². The van der Waals surface area contributed by atoms with Crippen LogP contribution in [0.2, 0.25) is 0 Å². The van der Waals surface area contributed by atoms with Crippen molar-refractivity contribution in [1.29, 1.82) is 0 Å². The third-order valence-electron chi connectivity index (χ3n) is 2.76. The monoisotopic (exact) mass is 224 g/mol. The van der Waals surface area contributed by atoms with Gasteiger partial charge in [0.2, 0.25) is 0 Å². The Bertz CT molecular complexity index is 180. The molecule has 14 heavy (non-hydrogen) atoms. The molecular formula is C8H17ClN2O3. The summed E-state index contributed by atoms with van der Waals surface area (Å²) in [5, 5.41) is 9.27. The lowest BCUT2D eigenvalue weighted by molar-refractivity contribution is -0.759. The first-order chi connectivity index (χ1) is 6.24. The van der Waals surface area contributed by atoms with Gasteiger partial charge in [0.25, 0.3) is 5.09 Å².